The Hall–Kier alpha value is -6.51. The van der Waals surface area contributed by atoms with E-state index in [1.54, 1.807) is 42.5 Å². The lowest BCUT2D eigenvalue weighted by molar-refractivity contribution is -0.136. The van der Waals surface area contributed by atoms with E-state index < -0.39 is 35.6 Å². The van der Waals surface area contributed by atoms with Crippen molar-refractivity contribution in [2.75, 3.05) is 48.3 Å². The second-order valence-electron chi connectivity index (χ2n) is 15.4. The number of carboxylic acids is 1. The van der Waals surface area contributed by atoms with E-state index in [-0.39, 0.29) is 46.9 Å². The number of benzene rings is 3. The van der Waals surface area contributed by atoms with Crippen LogP contribution in [0.3, 0.4) is 0 Å². The van der Waals surface area contributed by atoms with Crippen LogP contribution in [0.4, 0.5) is 17.3 Å². The van der Waals surface area contributed by atoms with Crippen LogP contribution in [0.2, 0.25) is 0 Å². The van der Waals surface area contributed by atoms with Gasteiger partial charge in [0.1, 0.15) is 11.6 Å². The van der Waals surface area contributed by atoms with E-state index in [1.807, 2.05) is 29.7 Å². The van der Waals surface area contributed by atoms with E-state index in [0.717, 1.165) is 48.1 Å². The van der Waals surface area contributed by atoms with Crippen LogP contribution in [0.15, 0.2) is 69.9 Å². The second kappa shape index (κ2) is 17.5. The van der Waals surface area contributed by atoms with Crippen LogP contribution in [0.25, 0.3) is 11.0 Å². The van der Waals surface area contributed by atoms with E-state index in [4.69, 9.17) is 4.42 Å². The van der Waals surface area contributed by atoms with Gasteiger partial charge in [-0.3, -0.25) is 39.0 Å². The van der Waals surface area contributed by atoms with Crippen molar-refractivity contribution in [3.8, 4) is 0 Å². The summed E-state index contributed by atoms with van der Waals surface area (Å²) in [6.07, 6.45) is 4.91. The third-order valence-corrected chi connectivity index (χ3v) is 11.3. The predicted octanol–water partition coefficient (Wildman–Crippen LogP) is 5.48. The summed E-state index contributed by atoms with van der Waals surface area (Å²) in [6.45, 7) is 6.39. The van der Waals surface area contributed by atoms with Crippen LogP contribution in [-0.4, -0.2) is 89.2 Å². The molecule has 0 radical (unpaired) electrons. The van der Waals surface area contributed by atoms with E-state index in [0.29, 0.717) is 67.4 Å². The number of hydrogen-bond donors (Lipinski definition) is 4. The summed E-state index contributed by atoms with van der Waals surface area (Å²) >= 11 is 0. The third-order valence-electron chi connectivity index (χ3n) is 11.3. The van der Waals surface area contributed by atoms with Crippen molar-refractivity contribution in [1.82, 2.24) is 15.1 Å². The monoisotopic (exact) mass is 804 g/mol. The molecule has 7 rings (SSSR count). The van der Waals surface area contributed by atoms with Crippen molar-refractivity contribution < 1.29 is 38.3 Å². The fourth-order valence-corrected chi connectivity index (χ4v) is 8.16. The molecule has 3 aliphatic heterocycles. The van der Waals surface area contributed by atoms with Crippen molar-refractivity contribution >= 4 is 63.7 Å². The summed E-state index contributed by atoms with van der Waals surface area (Å²) in [4.78, 5) is 93.5. The van der Waals surface area contributed by atoms with Gasteiger partial charge in [-0.1, -0.05) is 43.5 Å². The highest BCUT2D eigenvalue weighted by atomic mass is 16.4. The molecule has 0 bridgehead atoms. The highest BCUT2D eigenvalue weighted by Crippen LogP contribution is 2.33. The summed E-state index contributed by atoms with van der Waals surface area (Å²) in [5.74, 6) is -2.66. The SMILES string of the molecule is Cc1cc([C@H](C)Nc2ccccc2C(=O)O)c2oc(N3CCN(C(=O)CCCCCCCNc4cccc5c4C(=O)N(C4CCC(=O)NC4=O)C5=O)CC3)cc(=O)c2c1. The number of piperidine rings is 1. The molecule has 2 fully saturated rings. The van der Waals surface area contributed by atoms with E-state index >= 15 is 0 Å². The Kier molecular flexibility index (Phi) is 12.1. The minimum atomic E-state index is -1.04. The van der Waals surface area contributed by atoms with Crippen LogP contribution in [0.5, 0.6) is 0 Å². The molecule has 1 aromatic heterocycles. The maximum Gasteiger partial charge on any atom is 0.337 e. The van der Waals surface area contributed by atoms with Crippen molar-refractivity contribution in [2.24, 2.45) is 0 Å². The number of carboxylic acid groups (broad SMARTS) is 1. The molecule has 1 unspecified atom stereocenters. The number of anilines is 3. The molecule has 15 heteroatoms. The van der Waals surface area contributed by atoms with Crippen LogP contribution >= 0.6 is 0 Å². The molecule has 308 valence electrons. The number of aromatic carboxylic acids is 1. The van der Waals surface area contributed by atoms with Gasteiger partial charge in [0.25, 0.3) is 11.8 Å². The molecule has 2 saturated heterocycles. The highest BCUT2D eigenvalue weighted by Gasteiger charge is 2.45. The topological polar surface area (TPSA) is 199 Å². The molecular formula is C44H48N6O9. The van der Waals surface area contributed by atoms with Gasteiger partial charge in [0.15, 0.2) is 11.3 Å². The van der Waals surface area contributed by atoms with Crippen LogP contribution in [0, 0.1) is 6.92 Å². The van der Waals surface area contributed by atoms with Gasteiger partial charge in [-0.05, 0) is 69.0 Å². The first-order chi connectivity index (χ1) is 28.4. The highest BCUT2D eigenvalue weighted by molar-refractivity contribution is 6.25. The molecule has 4 heterocycles. The van der Waals surface area contributed by atoms with Crippen molar-refractivity contribution in [2.45, 2.75) is 77.3 Å². The molecule has 4 aromatic rings. The molecular weight excluding hydrogens is 757 g/mol. The number of nitrogens with one attached hydrogen (secondary N) is 3. The zero-order valence-corrected chi connectivity index (χ0v) is 33.2. The molecule has 3 aliphatic rings. The summed E-state index contributed by atoms with van der Waals surface area (Å²) in [5, 5.41) is 18.9. The fraction of sp³-hybridized carbons (Fsp3) is 0.386. The fourth-order valence-electron chi connectivity index (χ4n) is 8.16. The Labute approximate surface area is 340 Å². The maximum absolute atomic E-state index is 13.4. The Morgan fingerprint density at radius 3 is 2.37 bits per heavy atom. The number of amides is 5. The van der Waals surface area contributed by atoms with Crippen molar-refractivity contribution in [3.63, 3.8) is 0 Å². The van der Waals surface area contributed by atoms with Gasteiger partial charge in [-0.15, -0.1) is 0 Å². The summed E-state index contributed by atoms with van der Waals surface area (Å²) < 4.78 is 6.42. The number of aryl methyl sites for hydroxylation is 1. The molecule has 2 atom stereocenters. The first-order valence-corrected chi connectivity index (χ1v) is 20.2. The smallest absolute Gasteiger partial charge is 0.337 e. The number of unbranched alkanes of at least 4 members (excludes halogenated alkanes) is 4. The lowest BCUT2D eigenvalue weighted by Crippen LogP contribution is -2.54. The Morgan fingerprint density at radius 1 is 0.881 bits per heavy atom. The van der Waals surface area contributed by atoms with Gasteiger partial charge in [0, 0.05) is 68.6 Å². The minimum absolute atomic E-state index is 0.0624. The molecule has 4 N–H and O–H groups in total. The number of rotatable bonds is 15. The molecule has 0 saturated carbocycles. The van der Waals surface area contributed by atoms with Crippen molar-refractivity contribution in [3.05, 3.63) is 98.7 Å². The van der Waals surface area contributed by atoms with Crippen LogP contribution in [0.1, 0.15) is 107 Å². The Morgan fingerprint density at radius 2 is 1.61 bits per heavy atom. The van der Waals surface area contributed by atoms with E-state index in [1.165, 1.54) is 12.1 Å². The first-order valence-electron chi connectivity index (χ1n) is 20.2. The molecule has 5 amide bonds. The zero-order valence-electron chi connectivity index (χ0n) is 33.2. The zero-order chi connectivity index (χ0) is 41.8. The summed E-state index contributed by atoms with van der Waals surface area (Å²) in [7, 11) is 0. The normalized spacial score (nSPS) is 17.3. The van der Waals surface area contributed by atoms with Gasteiger partial charge < -0.3 is 30.0 Å². The largest absolute Gasteiger partial charge is 0.478 e. The average Bonchev–Trinajstić information content (AvgIpc) is 3.47. The number of piperazine rings is 1. The average molecular weight is 805 g/mol. The van der Waals surface area contributed by atoms with E-state index in [2.05, 4.69) is 16.0 Å². The quantitative estimate of drug-likeness (QED) is 0.0874. The van der Waals surface area contributed by atoms with Gasteiger partial charge in [-0.25, -0.2) is 4.79 Å². The summed E-state index contributed by atoms with van der Waals surface area (Å²) in [6, 6.07) is 15.5. The molecule has 15 nitrogen and oxygen atoms in total. The number of fused-ring (bicyclic) bond motifs is 2. The number of hydrogen-bond acceptors (Lipinski definition) is 11. The van der Waals surface area contributed by atoms with Crippen LogP contribution < -0.4 is 26.3 Å². The third kappa shape index (κ3) is 8.69. The minimum Gasteiger partial charge on any atom is -0.478 e. The van der Waals surface area contributed by atoms with Crippen LogP contribution in [-0.2, 0) is 14.4 Å². The van der Waals surface area contributed by atoms with Gasteiger partial charge >= 0.3 is 5.97 Å². The molecule has 0 aliphatic carbocycles. The first kappa shape index (κ1) is 40.7. The van der Waals surface area contributed by atoms with Gasteiger partial charge in [-0.2, -0.15) is 0 Å². The molecule has 59 heavy (non-hydrogen) atoms. The second-order valence-corrected chi connectivity index (χ2v) is 15.4. The van der Waals surface area contributed by atoms with E-state index in [9.17, 15) is 38.7 Å². The number of nitrogens with zero attached hydrogens (tertiary/aromatic N) is 3. The van der Waals surface area contributed by atoms with Gasteiger partial charge in [0.05, 0.1) is 28.1 Å². The number of imide groups is 2. The molecule has 0 spiro atoms. The lowest BCUT2D eigenvalue weighted by atomic mass is 10.0. The predicted molar refractivity (Wildman–Crippen MR) is 221 cm³/mol. The number of carbonyl (C=O) groups excluding carboxylic acids is 5. The Bertz CT molecular complexity index is 2380. The Balaban J connectivity index is 0.854. The van der Waals surface area contributed by atoms with Gasteiger partial charge in [0.2, 0.25) is 17.7 Å². The molecule has 3 aromatic carbocycles. The van der Waals surface area contributed by atoms with Crippen molar-refractivity contribution in [1.29, 1.82) is 0 Å². The number of para-hydroxylation sites is 1. The number of carbonyl (C=O) groups is 6. The summed E-state index contributed by atoms with van der Waals surface area (Å²) in [5.41, 5.74) is 3.50. The maximum atomic E-state index is 13.4. The standard InChI is InChI=1S/C44H48N6O9/c1-26-23-30(27(2)46-32-13-8-7-11-28(32)44(57)58)40-31(24-26)35(51)25-38(59-40)49-21-19-48(20-22-49)37(53)15-6-4-3-5-9-18-45-33-14-10-12-29-39(33)43(56)50(42(29)55)34-16-17-36(52)47-41(34)54/h7-8,10-14,23-25,27,34,45-46H,3-6,9,15-22H2,1-2H3,(H,57,58)(H,47,52,54)/t27-,34?/m0/s1. The lowest BCUT2D eigenvalue weighted by Gasteiger charge is -2.35.